The third-order valence-electron chi connectivity index (χ3n) is 3.62. The molecule has 0 radical (unpaired) electrons. The summed E-state index contributed by atoms with van der Waals surface area (Å²) in [5.41, 5.74) is 1.86. The van der Waals surface area contributed by atoms with Gasteiger partial charge in [0, 0.05) is 26.9 Å². The first-order chi connectivity index (χ1) is 10.8. The van der Waals surface area contributed by atoms with Crippen LogP contribution in [0.15, 0.2) is 24.3 Å². The number of rotatable bonds is 2. The summed E-state index contributed by atoms with van der Waals surface area (Å²) in [4.78, 5) is 12.5. The van der Waals surface area contributed by atoms with Gasteiger partial charge in [0.15, 0.2) is 0 Å². The van der Waals surface area contributed by atoms with E-state index in [4.69, 9.17) is 11.6 Å². The summed E-state index contributed by atoms with van der Waals surface area (Å²) < 4.78 is 13.6. The number of carbonyl (C=O) groups excluding carboxylic acids is 1. The summed E-state index contributed by atoms with van der Waals surface area (Å²) in [5.74, 6) is 1.25. The van der Waals surface area contributed by atoms with Crippen LogP contribution in [-0.2, 0) is 27.8 Å². The van der Waals surface area contributed by atoms with Gasteiger partial charge in [0.1, 0.15) is 5.82 Å². The number of nitrogens with zero attached hydrogens (tertiary/aromatic N) is 2. The summed E-state index contributed by atoms with van der Waals surface area (Å²) in [6.07, 6.45) is 0. The maximum atomic E-state index is 12.5. The second-order valence-corrected chi connectivity index (χ2v) is 8.44. The topological polar surface area (TPSA) is 64.0 Å². The Balaban J connectivity index is 1.99. The van der Waals surface area contributed by atoms with Gasteiger partial charge in [-0.05, 0) is 39.0 Å². The van der Waals surface area contributed by atoms with Crippen molar-refractivity contribution in [3.05, 3.63) is 46.1 Å². The van der Waals surface area contributed by atoms with Crippen LogP contribution in [0.4, 0.5) is 5.82 Å². The summed E-state index contributed by atoms with van der Waals surface area (Å²) >= 11 is 5.95. The van der Waals surface area contributed by atoms with Gasteiger partial charge in [-0.25, -0.2) is 4.68 Å². The van der Waals surface area contributed by atoms with Crippen molar-refractivity contribution >= 4 is 34.1 Å². The van der Waals surface area contributed by atoms with Crippen molar-refractivity contribution in [2.45, 2.75) is 37.8 Å². The first-order valence-corrected chi connectivity index (χ1v) is 9.15. The first kappa shape index (κ1) is 16.2. The largest absolute Gasteiger partial charge is 0.306 e. The van der Waals surface area contributed by atoms with Crippen molar-refractivity contribution in [1.29, 1.82) is 0 Å². The highest BCUT2D eigenvalue weighted by Crippen LogP contribution is 2.33. The Morgan fingerprint density at radius 3 is 2.74 bits per heavy atom. The number of carbonyl (C=O) groups is 1. The molecule has 1 aliphatic heterocycles. The molecule has 2 aromatic rings. The monoisotopic (exact) mass is 351 g/mol. The third-order valence-corrected chi connectivity index (χ3v) is 5.07. The van der Waals surface area contributed by atoms with Crippen LogP contribution in [0.3, 0.4) is 0 Å². The molecule has 0 aliphatic carbocycles. The summed E-state index contributed by atoms with van der Waals surface area (Å²) in [6.45, 7) is 6.05. The minimum atomic E-state index is -0.945. The van der Waals surface area contributed by atoms with Crippen LogP contribution in [0, 0.1) is 0 Å². The Labute approximate surface area is 142 Å². The number of halogens is 1. The first-order valence-electron chi connectivity index (χ1n) is 7.29. The fourth-order valence-corrected chi connectivity index (χ4v) is 4.01. The molecule has 3 rings (SSSR count). The SMILES string of the molecule is CC(C)(C)n1nc2c(c1NC(=O)c1cccc(Cl)c1)C[S@@](=O)C2. The van der Waals surface area contributed by atoms with E-state index < -0.39 is 10.8 Å². The van der Waals surface area contributed by atoms with Crippen molar-refractivity contribution in [3.8, 4) is 0 Å². The predicted octanol–water partition coefficient (Wildman–Crippen LogP) is 3.31. The third kappa shape index (κ3) is 3.19. The van der Waals surface area contributed by atoms with Crippen LogP contribution in [0.2, 0.25) is 5.02 Å². The molecule has 1 N–H and O–H groups in total. The van der Waals surface area contributed by atoms with Crippen LogP contribution in [0.25, 0.3) is 0 Å². The van der Waals surface area contributed by atoms with Crippen molar-refractivity contribution in [1.82, 2.24) is 9.78 Å². The molecular weight excluding hydrogens is 334 g/mol. The molecule has 0 bridgehead atoms. The highest BCUT2D eigenvalue weighted by molar-refractivity contribution is 7.83. The molecule has 23 heavy (non-hydrogen) atoms. The molecule has 5 nitrogen and oxygen atoms in total. The van der Waals surface area contributed by atoms with Gasteiger partial charge in [-0.2, -0.15) is 5.10 Å². The van der Waals surface area contributed by atoms with Crippen LogP contribution in [0.5, 0.6) is 0 Å². The van der Waals surface area contributed by atoms with E-state index in [-0.39, 0.29) is 11.4 Å². The predicted molar refractivity (Wildman–Crippen MR) is 92.2 cm³/mol. The van der Waals surface area contributed by atoms with E-state index in [9.17, 15) is 9.00 Å². The normalized spacial score (nSPS) is 17.1. The molecule has 7 heteroatoms. The fourth-order valence-electron chi connectivity index (χ4n) is 2.55. The number of hydrogen-bond acceptors (Lipinski definition) is 3. The second-order valence-electron chi connectivity index (χ2n) is 6.55. The van der Waals surface area contributed by atoms with Gasteiger partial charge in [-0.3, -0.25) is 9.00 Å². The lowest BCUT2D eigenvalue weighted by atomic mass is 10.1. The Hall–Kier alpha value is -1.66. The van der Waals surface area contributed by atoms with E-state index in [1.54, 1.807) is 28.9 Å². The lowest BCUT2D eigenvalue weighted by molar-refractivity contribution is 0.102. The quantitative estimate of drug-likeness (QED) is 0.902. The number of fused-ring (bicyclic) bond motifs is 1. The molecule has 0 unspecified atom stereocenters. The molecule has 0 saturated heterocycles. The number of benzene rings is 1. The second kappa shape index (κ2) is 5.76. The minimum Gasteiger partial charge on any atom is -0.306 e. The van der Waals surface area contributed by atoms with Crippen molar-refractivity contribution in [3.63, 3.8) is 0 Å². The van der Waals surface area contributed by atoms with Crippen LogP contribution < -0.4 is 5.32 Å². The van der Waals surface area contributed by atoms with Gasteiger partial charge in [0.25, 0.3) is 5.91 Å². The molecule has 0 saturated carbocycles. The number of amides is 1. The lowest BCUT2D eigenvalue weighted by Crippen LogP contribution is -2.27. The van der Waals surface area contributed by atoms with Gasteiger partial charge >= 0.3 is 0 Å². The zero-order valence-corrected chi connectivity index (χ0v) is 14.8. The molecule has 1 aromatic carbocycles. The van der Waals surface area contributed by atoms with E-state index in [2.05, 4.69) is 10.4 Å². The summed E-state index contributed by atoms with van der Waals surface area (Å²) in [7, 11) is -0.945. The summed E-state index contributed by atoms with van der Waals surface area (Å²) in [6, 6.07) is 6.78. The van der Waals surface area contributed by atoms with E-state index in [0.29, 0.717) is 27.9 Å². The number of anilines is 1. The van der Waals surface area contributed by atoms with Crippen molar-refractivity contribution in [2.75, 3.05) is 5.32 Å². The van der Waals surface area contributed by atoms with Crippen LogP contribution >= 0.6 is 11.6 Å². The Morgan fingerprint density at radius 1 is 1.35 bits per heavy atom. The minimum absolute atomic E-state index is 0.251. The zero-order chi connectivity index (χ0) is 16.8. The molecule has 1 atom stereocenters. The van der Waals surface area contributed by atoms with Crippen molar-refractivity contribution < 1.29 is 9.00 Å². The highest BCUT2D eigenvalue weighted by Gasteiger charge is 2.31. The number of hydrogen-bond donors (Lipinski definition) is 1. The Morgan fingerprint density at radius 2 is 2.09 bits per heavy atom. The van der Waals surface area contributed by atoms with E-state index in [1.165, 1.54) is 0 Å². The van der Waals surface area contributed by atoms with Crippen LogP contribution in [0.1, 0.15) is 42.4 Å². The Bertz CT molecular complexity index is 808. The molecule has 2 heterocycles. The number of nitrogens with one attached hydrogen (secondary N) is 1. The lowest BCUT2D eigenvalue weighted by Gasteiger charge is -2.23. The zero-order valence-electron chi connectivity index (χ0n) is 13.2. The number of aromatic nitrogens is 2. The maximum absolute atomic E-state index is 12.5. The maximum Gasteiger partial charge on any atom is 0.256 e. The van der Waals surface area contributed by atoms with Gasteiger partial charge in [0.05, 0.1) is 22.7 Å². The average molecular weight is 352 g/mol. The summed E-state index contributed by atoms with van der Waals surface area (Å²) in [5, 5.41) is 8.00. The van der Waals surface area contributed by atoms with E-state index in [0.717, 1.165) is 11.3 Å². The van der Waals surface area contributed by atoms with Gasteiger partial charge < -0.3 is 5.32 Å². The van der Waals surface area contributed by atoms with Gasteiger partial charge in [-0.1, -0.05) is 17.7 Å². The molecule has 1 aromatic heterocycles. The average Bonchev–Trinajstić information content (AvgIpc) is 2.96. The van der Waals surface area contributed by atoms with Gasteiger partial charge in [-0.15, -0.1) is 0 Å². The smallest absolute Gasteiger partial charge is 0.256 e. The molecule has 1 amide bonds. The Kier molecular flexibility index (Phi) is 4.06. The van der Waals surface area contributed by atoms with Gasteiger partial charge in [0.2, 0.25) is 0 Å². The highest BCUT2D eigenvalue weighted by atomic mass is 35.5. The molecule has 0 spiro atoms. The molecule has 122 valence electrons. The van der Waals surface area contributed by atoms with E-state index in [1.807, 2.05) is 20.8 Å². The molecule has 0 fully saturated rings. The standard InChI is InChI=1S/C16H18ClN3O2S/c1-16(2,3)20-14(12-8-23(22)9-13(12)19-20)18-15(21)10-5-4-6-11(17)7-10/h4-7H,8-9H2,1-3H3,(H,18,21)/t23-/m1/s1. The van der Waals surface area contributed by atoms with Crippen molar-refractivity contribution in [2.24, 2.45) is 0 Å². The fraction of sp³-hybridized carbons (Fsp3) is 0.375. The molecular formula is C16H18ClN3O2S. The van der Waals surface area contributed by atoms with E-state index >= 15 is 0 Å². The molecule has 1 aliphatic rings. The van der Waals surface area contributed by atoms with Crippen LogP contribution in [-0.4, -0.2) is 19.9 Å².